The van der Waals surface area contributed by atoms with Crippen molar-refractivity contribution in [1.82, 2.24) is 15.5 Å². The van der Waals surface area contributed by atoms with Crippen molar-refractivity contribution in [2.45, 2.75) is 6.42 Å². The molecule has 1 aromatic carbocycles. The van der Waals surface area contributed by atoms with Crippen LogP contribution >= 0.6 is 15.9 Å². The molecule has 0 bridgehead atoms. The SMILES string of the molecule is O=C(NCCc1ncno1)Nc1cc(C(=O)O)ccc1Br. The van der Waals surface area contributed by atoms with E-state index in [0.717, 1.165) is 0 Å². The molecule has 110 valence electrons. The van der Waals surface area contributed by atoms with E-state index >= 15 is 0 Å². The second kappa shape index (κ2) is 6.84. The van der Waals surface area contributed by atoms with Crippen molar-refractivity contribution in [3.05, 3.63) is 40.5 Å². The molecule has 2 aromatic rings. The molecular formula is C12H11BrN4O4. The van der Waals surface area contributed by atoms with E-state index in [1.54, 1.807) is 6.07 Å². The molecule has 0 aliphatic heterocycles. The maximum Gasteiger partial charge on any atom is 0.335 e. The fourth-order valence-corrected chi connectivity index (χ4v) is 1.86. The molecule has 2 rings (SSSR count). The lowest BCUT2D eigenvalue weighted by atomic mass is 10.2. The summed E-state index contributed by atoms with van der Waals surface area (Å²) < 4.78 is 5.37. The van der Waals surface area contributed by atoms with E-state index in [9.17, 15) is 9.59 Å². The predicted molar refractivity (Wildman–Crippen MR) is 76.1 cm³/mol. The number of amides is 2. The minimum Gasteiger partial charge on any atom is -0.478 e. The summed E-state index contributed by atoms with van der Waals surface area (Å²) in [7, 11) is 0. The number of carbonyl (C=O) groups excluding carboxylic acids is 1. The lowest BCUT2D eigenvalue weighted by Gasteiger charge is -2.09. The van der Waals surface area contributed by atoms with Gasteiger partial charge in [-0.25, -0.2) is 9.59 Å². The second-order valence-electron chi connectivity index (χ2n) is 3.97. The number of benzene rings is 1. The van der Waals surface area contributed by atoms with Gasteiger partial charge in [0.25, 0.3) is 0 Å². The molecule has 3 N–H and O–H groups in total. The summed E-state index contributed by atoms with van der Waals surface area (Å²) in [4.78, 5) is 26.4. The molecule has 9 heteroatoms. The van der Waals surface area contributed by atoms with Crippen LogP contribution < -0.4 is 10.6 Å². The minimum absolute atomic E-state index is 0.0827. The highest BCUT2D eigenvalue weighted by molar-refractivity contribution is 9.10. The Balaban J connectivity index is 1.90. The molecule has 0 radical (unpaired) electrons. The Labute approximate surface area is 127 Å². The van der Waals surface area contributed by atoms with Gasteiger partial charge in [0.2, 0.25) is 5.89 Å². The first-order valence-corrected chi connectivity index (χ1v) is 6.69. The number of anilines is 1. The first-order valence-electron chi connectivity index (χ1n) is 5.89. The van der Waals surface area contributed by atoms with Gasteiger partial charge in [0.05, 0.1) is 11.3 Å². The zero-order valence-electron chi connectivity index (χ0n) is 10.7. The van der Waals surface area contributed by atoms with E-state index in [1.165, 1.54) is 18.5 Å². The molecule has 0 atom stereocenters. The van der Waals surface area contributed by atoms with Gasteiger partial charge in [-0.2, -0.15) is 4.98 Å². The number of nitrogens with zero attached hydrogens (tertiary/aromatic N) is 2. The molecule has 1 heterocycles. The van der Waals surface area contributed by atoms with Crippen molar-refractivity contribution < 1.29 is 19.2 Å². The monoisotopic (exact) mass is 354 g/mol. The third kappa shape index (κ3) is 4.28. The van der Waals surface area contributed by atoms with Crippen molar-refractivity contribution in [2.75, 3.05) is 11.9 Å². The summed E-state index contributed by atoms with van der Waals surface area (Å²) in [5.74, 6) is -0.647. The average molecular weight is 355 g/mol. The highest BCUT2D eigenvalue weighted by Crippen LogP contribution is 2.23. The fourth-order valence-electron chi connectivity index (χ4n) is 1.51. The zero-order valence-corrected chi connectivity index (χ0v) is 12.3. The normalized spacial score (nSPS) is 10.1. The van der Waals surface area contributed by atoms with Crippen molar-refractivity contribution in [3.8, 4) is 0 Å². The van der Waals surface area contributed by atoms with Gasteiger partial charge >= 0.3 is 12.0 Å². The Morgan fingerprint density at radius 3 is 2.86 bits per heavy atom. The summed E-state index contributed by atoms with van der Waals surface area (Å²) >= 11 is 3.24. The van der Waals surface area contributed by atoms with Crippen LogP contribution in [0.15, 0.2) is 33.5 Å². The number of aromatic nitrogens is 2. The molecule has 2 amide bonds. The molecule has 8 nitrogen and oxygen atoms in total. The molecule has 0 aliphatic carbocycles. The summed E-state index contributed by atoms with van der Waals surface area (Å²) in [5.41, 5.74) is 0.449. The van der Waals surface area contributed by atoms with Gasteiger partial charge in [0.15, 0.2) is 6.33 Å². The van der Waals surface area contributed by atoms with Gasteiger partial charge in [-0.3, -0.25) is 0 Å². The Morgan fingerprint density at radius 2 is 2.19 bits per heavy atom. The third-order valence-electron chi connectivity index (χ3n) is 2.49. The zero-order chi connectivity index (χ0) is 15.2. The molecule has 0 saturated heterocycles. The number of hydrogen-bond acceptors (Lipinski definition) is 5. The van der Waals surface area contributed by atoms with Gasteiger partial charge in [-0.15, -0.1) is 0 Å². The highest BCUT2D eigenvalue weighted by Gasteiger charge is 2.10. The quantitative estimate of drug-likeness (QED) is 0.754. The largest absolute Gasteiger partial charge is 0.478 e. The number of urea groups is 1. The average Bonchev–Trinajstić information content (AvgIpc) is 2.94. The van der Waals surface area contributed by atoms with E-state index < -0.39 is 12.0 Å². The number of carboxylic acids is 1. The molecule has 0 saturated carbocycles. The van der Waals surface area contributed by atoms with E-state index in [2.05, 4.69) is 36.7 Å². The van der Waals surface area contributed by atoms with Gasteiger partial charge in [-0.05, 0) is 34.1 Å². The van der Waals surface area contributed by atoms with Crippen LogP contribution in [-0.2, 0) is 6.42 Å². The summed E-state index contributed by atoms with van der Waals surface area (Å²) in [6.45, 7) is 0.310. The number of hydrogen-bond donors (Lipinski definition) is 3. The fraction of sp³-hybridized carbons (Fsp3) is 0.167. The first-order chi connectivity index (χ1) is 10.1. The molecule has 0 unspecified atom stereocenters. The molecule has 0 aliphatic rings. The van der Waals surface area contributed by atoms with Crippen molar-refractivity contribution in [1.29, 1.82) is 0 Å². The van der Waals surface area contributed by atoms with Gasteiger partial charge in [0, 0.05) is 17.4 Å². The lowest BCUT2D eigenvalue weighted by Crippen LogP contribution is -2.30. The minimum atomic E-state index is -1.07. The smallest absolute Gasteiger partial charge is 0.335 e. The summed E-state index contributed by atoms with van der Waals surface area (Å²) in [6.07, 6.45) is 1.69. The predicted octanol–water partition coefficient (Wildman–Crippen LogP) is 1.89. The van der Waals surface area contributed by atoms with Crippen LogP contribution in [0.4, 0.5) is 10.5 Å². The number of rotatable bonds is 5. The molecular weight excluding hydrogens is 344 g/mol. The van der Waals surface area contributed by atoms with E-state index in [4.69, 9.17) is 9.63 Å². The standard InChI is InChI=1S/C12H11BrN4O4/c13-8-2-1-7(11(18)19)5-9(8)17-12(20)14-4-3-10-15-6-16-21-10/h1-2,5-6H,3-4H2,(H,18,19)(H2,14,17,20). The van der Waals surface area contributed by atoms with Crippen LogP contribution in [0.2, 0.25) is 0 Å². The Kier molecular flexibility index (Phi) is 4.88. The van der Waals surface area contributed by atoms with Crippen molar-refractivity contribution in [2.24, 2.45) is 0 Å². The molecule has 0 fully saturated rings. The Bertz CT molecular complexity index is 645. The van der Waals surface area contributed by atoms with Crippen LogP contribution in [0.25, 0.3) is 0 Å². The Morgan fingerprint density at radius 1 is 1.38 bits per heavy atom. The number of carboxylic acid groups (broad SMARTS) is 1. The molecule has 21 heavy (non-hydrogen) atoms. The maximum atomic E-state index is 11.7. The third-order valence-corrected chi connectivity index (χ3v) is 3.18. The van der Waals surface area contributed by atoms with E-state index in [0.29, 0.717) is 29.0 Å². The van der Waals surface area contributed by atoms with Gasteiger partial charge in [0.1, 0.15) is 0 Å². The van der Waals surface area contributed by atoms with Crippen LogP contribution in [0.1, 0.15) is 16.2 Å². The van der Waals surface area contributed by atoms with E-state index in [-0.39, 0.29) is 5.56 Å². The van der Waals surface area contributed by atoms with Crippen LogP contribution in [0.5, 0.6) is 0 Å². The first kappa shape index (κ1) is 15.0. The topological polar surface area (TPSA) is 117 Å². The Hall–Kier alpha value is -2.42. The van der Waals surface area contributed by atoms with Gasteiger partial charge < -0.3 is 20.3 Å². The van der Waals surface area contributed by atoms with Crippen molar-refractivity contribution >= 4 is 33.6 Å². The highest BCUT2D eigenvalue weighted by atomic mass is 79.9. The molecule has 1 aromatic heterocycles. The summed E-state index contributed by atoms with van der Waals surface area (Å²) in [5, 5.41) is 17.5. The van der Waals surface area contributed by atoms with E-state index in [1.807, 2.05) is 0 Å². The summed E-state index contributed by atoms with van der Waals surface area (Å²) in [6, 6.07) is 3.89. The van der Waals surface area contributed by atoms with Crippen LogP contribution in [0.3, 0.4) is 0 Å². The second-order valence-corrected chi connectivity index (χ2v) is 4.82. The number of carbonyl (C=O) groups is 2. The van der Waals surface area contributed by atoms with Crippen LogP contribution in [0, 0.1) is 0 Å². The number of aromatic carboxylic acids is 1. The van der Waals surface area contributed by atoms with Crippen LogP contribution in [-0.4, -0.2) is 33.8 Å². The lowest BCUT2D eigenvalue weighted by molar-refractivity contribution is 0.0697. The van der Waals surface area contributed by atoms with Crippen molar-refractivity contribution in [3.63, 3.8) is 0 Å². The number of halogens is 1. The maximum absolute atomic E-state index is 11.7. The number of nitrogens with one attached hydrogen (secondary N) is 2. The van der Waals surface area contributed by atoms with Gasteiger partial charge in [-0.1, -0.05) is 5.16 Å². The molecule has 0 spiro atoms.